The van der Waals surface area contributed by atoms with Crippen molar-refractivity contribution in [3.05, 3.63) is 83.9 Å². The summed E-state index contributed by atoms with van der Waals surface area (Å²) in [5.41, 5.74) is 0.566. The topological polar surface area (TPSA) is 137 Å². The summed E-state index contributed by atoms with van der Waals surface area (Å²) < 4.78 is 18.3. The smallest absolute Gasteiger partial charge is 0.338 e. The first-order chi connectivity index (χ1) is 15.6. The summed E-state index contributed by atoms with van der Waals surface area (Å²) >= 11 is 0. The molecule has 2 heterocycles. The van der Waals surface area contributed by atoms with Crippen LogP contribution in [0.25, 0.3) is 0 Å². The number of benzene rings is 2. The van der Waals surface area contributed by atoms with Gasteiger partial charge in [-0.15, -0.1) is 5.10 Å². The predicted molar refractivity (Wildman–Crippen MR) is 107 cm³/mol. The lowest BCUT2D eigenvalue weighted by atomic mass is 10.1. The van der Waals surface area contributed by atoms with Gasteiger partial charge in [0.05, 0.1) is 17.7 Å². The lowest BCUT2D eigenvalue weighted by Crippen LogP contribution is -2.40. The molecule has 10 heteroatoms. The molecule has 4 rings (SSSR count). The third-order valence-electron chi connectivity index (χ3n) is 4.84. The molecule has 32 heavy (non-hydrogen) atoms. The molecule has 1 aliphatic heterocycles. The van der Waals surface area contributed by atoms with Gasteiger partial charge in [0.25, 0.3) is 5.82 Å². The maximum Gasteiger partial charge on any atom is 0.338 e. The minimum atomic E-state index is -1.17. The number of aliphatic hydroxyl groups excluding tert-OH is 1. The Balaban J connectivity index is 1.65. The SMILES string of the molecule is N#Cc1ncn([C@@H]2O[C@H](CO)[C@@H](OC(=O)c3ccccc3)[C@H]2OC(=O)c2ccccc2)n1. The van der Waals surface area contributed by atoms with Gasteiger partial charge in [-0.05, 0) is 24.3 Å². The van der Waals surface area contributed by atoms with E-state index in [-0.39, 0.29) is 17.0 Å². The van der Waals surface area contributed by atoms with E-state index in [0.29, 0.717) is 0 Å². The van der Waals surface area contributed by atoms with Gasteiger partial charge < -0.3 is 19.3 Å². The molecule has 1 aliphatic rings. The van der Waals surface area contributed by atoms with E-state index in [0.717, 1.165) is 0 Å². The number of nitrogens with zero attached hydrogens (tertiary/aromatic N) is 4. The average Bonchev–Trinajstić information content (AvgIpc) is 3.45. The fraction of sp³-hybridized carbons (Fsp3) is 0.227. The zero-order valence-electron chi connectivity index (χ0n) is 16.6. The zero-order valence-corrected chi connectivity index (χ0v) is 16.6. The molecule has 0 saturated carbocycles. The summed E-state index contributed by atoms with van der Waals surface area (Å²) in [6, 6.07) is 18.3. The molecule has 0 radical (unpaired) electrons. The van der Waals surface area contributed by atoms with Gasteiger partial charge in [-0.3, -0.25) is 0 Å². The second-order valence-corrected chi connectivity index (χ2v) is 6.88. The van der Waals surface area contributed by atoms with Crippen LogP contribution in [0.15, 0.2) is 67.0 Å². The van der Waals surface area contributed by atoms with Gasteiger partial charge in [0, 0.05) is 0 Å². The van der Waals surface area contributed by atoms with Gasteiger partial charge in [0.1, 0.15) is 18.5 Å². The first-order valence-corrected chi connectivity index (χ1v) is 9.70. The Morgan fingerprint density at radius 2 is 1.56 bits per heavy atom. The molecule has 10 nitrogen and oxygen atoms in total. The fourth-order valence-electron chi connectivity index (χ4n) is 3.32. The monoisotopic (exact) mass is 434 g/mol. The first kappa shape index (κ1) is 21.2. The van der Waals surface area contributed by atoms with E-state index >= 15 is 0 Å². The zero-order chi connectivity index (χ0) is 22.5. The number of nitriles is 1. The molecule has 2 aromatic carbocycles. The summed E-state index contributed by atoms with van der Waals surface area (Å²) in [7, 11) is 0. The molecule has 0 spiro atoms. The van der Waals surface area contributed by atoms with E-state index in [9.17, 15) is 14.7 Å². The highest BCUT2D eigenvalue weighted by molar-refractivity contribution is 5.90. The molecule has 1 aromatic heterocycles. The van der Waals surface area contributed by atoms with Gasteiger partial charge in [-0.25, -0.2) is 19.3 Å². The number of aliphatic hydroxyl groups is 1. The molecule has 0 unspecified atom stereocenters. The maximum absolute atomic E-state index is 12.8. The lowest BCUT2D eigenvalue weighted by Gasteiger charge is -2.24. The second-order valence-electron chi connectivity index (χ2n) is 6.88. The molecular weight excluding hydrogens is 416 g/mol. The first-order valence-electron chi connectivity index (χ1n) is 9.70. The quantitative estimate of drug-likeness (QED) is 0.572. The van der Waals surface area contributed by atoms with Crippen LogP contribution >= 0.6 is 0 Å². The molecule has 3 aromatic rings. The third kappa shape index (κ3) is 4.34. The Morgan fingerprint density at radius 3 is 2.06 bits per heavy atom. The van der Waals surface area contributed by atoms with Crippen LogP contribution in [0.4, 0.5) is 0 Å². The number of hydrogen-bond acceptors (Lipinski definition) is 9. The van der Waals surface area contributed by atoms with Crippen LogP contribution in [0, 0.1) is 11.3 Å². The van der Waals surface area contributed by atoms with E-state index in [2.05, 4.69) is 10.1 Å². The van der Waals surface area contributed by atoms with Crippen molar-refractivity contribution in [1.29, 1.82) is 5.26 Å². The predicted octanol–water partition coefficient (Wildman–Crippen LogP) is 1.49. The van der Waals surface area contributed by atoms with Crippen LogP contribution < -0.4 is 0 Å². The fourth-order valence-corrected chi connectivity index (χ4v) is 3.32. The number of aromatic nitrogens is 3. The maximum atomic E-state index is 12.8. The number of hydrogen-bond donors (Lipinski definition) is 1. The van der Waals surface area contributed by atoms with Crippen LogP contribution in [-0.2, 0) is 14.2 Å². The Kier molecular flexibility index (Phi) is 6.21. The molecular formula is C22H18N4O6. The van der Waals surface area contributed by atoms with Crippen molar-refractivity contribution < 1.29 is 28.9 Å². The number of ether oxygens (including phenoxy) is 3. The van der Waals surface area contributed by atoms with Crippen molar-refractivity contribution in [2.75, 3.05) is 6.61 Å². The van der Waals surface area contributed by atoms with Crippen LogP contribution in [0.2, 0.25) is 0 Å². The number of esters is 2. The second kappa shape index (κ2) is 9.38. The molecule has 1 N–H and O–H groups in total. The minimum Gasteiger partial charge on any atom is -0.452 e. The molecule has 1 saturated heterocycles. The van der Waals surface area contributed by atoms with Crippen LogP contribution in [0.5, 0.6) is 0 Å². The van der Waals surface area contributed by atoms with Gasteiger partial charge >= 0.3 is 11.9 Å². The Morgan fingerprint density at radius 1 is 1.00 bits per heavy atom. The average molecular weight is 434 g/mol. The number of rotatable bonds is 6. The Labute approximate surface area is 182 Å². The minimum absolute atomic E-state index is 0.119. The summed E-state index contributed by atoms with van der Waals surface area (Å²) in [5.74, 6) is -1.47. The molecule has 0 aliphatic carbocycles. The van der Waals surface area contributed by atoms with Crippen LogP contribution in [-0.4, -0.2) is 56.7 Å². The summed E-state index contributed by atoms with van der Waals surface area (Å²) in [5, 5.41) is 22.9. The van der Waals surface area contributed by atoms with E-state index in [4.69, 9.17) is 19.5 Å². The summed E-state index contributed by atoms with van der Waals surface area (Å²) in [4.78, 5) is 29.3. The van der Waals surface area contributed by atoms with E-state index < -0.39 is 43.1 Å². The Bertz CT molecular complexity index is 1130. The molecule has 4 atom stereocenters. The number of carbonyl (C=O) groups excluding carboxylic acids is 2. The van der Waals surface area contributed by atoms with Crippen molar-refractivity contribution in [2.45, 2.75) is 24.5 Å². The summed E-state index contributed by atoms with van der Waals surface area (Å²) in [6.07, 6.45) is -3.15. The molecule has 1 fully saturated rings. The molecule has 0 amide bonds. The van der Waals surface area contributed by atoms with Crippen LogP contribution in [0.1, 0.15) is 32.8 Å². The summed E-state index contributed by atoms with van der Waals surface area (Å²) in [6.45, 7) is -0.511. The largest absolute Gasteiger partial charge is 0.452 e. The van der Waals surface area contributed by atoms with Crippen LogP contribution in [0.3, 0.4) is 0 Å². The van der Waals surface area contributed by atoms with Gasteiger partial charge in [-0.2, -0.15) is 5.26 Å². The normalized spacial score (nSPS) is 22.1. The third-order valence-corrected chi connectivity index (χ3v) is 4.84. The van der Waals surface area contributed by atoms with Crippen molar-refractivity contribution in [3.63, 3.8) is 0 Å². The van der Waals surface area contributed by atoms with E-state index in [1.165, 1.54) is 11.0 Å². The van der Waals surface area contributed by atoms with Crippen molar-refractivity contribution in [3.8, 4) is 6.07 Å². The molecule has 162 valence electrons. The Hall–Kier alpha value is -4.07. The molecule has 0 bridgehead atoms. The standard InChI is InChI=1S/C22H18N4O6/c23-11-17-24-13-26(25-17)20-19(32-22(29)15-9-5-2-6-10-15)18(16(12-27)30-20)31-21(28)14-7-3-1-4-8-14/h1-10,13,16,18-20,27H,12H2/t16-,18-,19-,20-/m1/s1. The highest BCUT2D eigenvalue weighted by Gasteiger charge is 2.51. The van der Waals surface area contributed by atoms with Gasteiger partial charge in [0.15, 0.2) is 18.4 Å². The van der Waals surface area contributed by atoms with Crippen molar-refractivity contribution in [1.82, 2.24) is 14.8 Å². The lowest BCUT2D eigenvalue weighted by molar-refractivity contribution is -0.0641. The highest BCUT2D eigenvalue weighted by Crippen LogP contribution is 2.34. The van der Waals surface area contributed by atoms with Crippen molar-refractivity contribution >= 4 is 11.9 Å². The van der Waals surface area contributed by atoms with E-state index in [1.807, 2.05) is 0 Å². The van der Waals surface area contributed by atoms with Gasteiger partial charge in [0.2, 0.25) is 0 Å². The van der Waals surface area contributed by atoms with E-state index in [1.54, 1.807) is 66.7 Å². The van der Waals surface area contributed by atoms with Gasteiger partial charge in [-0.1, -0.05) is 36.4 Å². The number of carbonyl (C=O) groups is 2. The van der Waals surface area contributed by atoms with Crippen molar-refractivity contribution in [2.24, 2.45) is 0 Å². The highest BCUT2D eigenvalue weighted by atomic mass is 16.6.